The van der Waals surface area contributed by atoms with Gasteiger partial charge in [-0.25, -0.2) is 9.78 Å². The van der Waals surface area contributed by atoms with Crippen molar-refractivity contribution in [2.75, 3.05) is 6.61 Å². The molecule has 0 unspecified atom stereocenters. The van der Waals surface area contributed by atoms with Gasteiger partial charge in [-0.15, -0.1) is 0 Å². The average molecular weight is 237 g/mol. The number of ether oxygens (including phenoxy) is 1. The highest BCUT2D eigenvalue weighted by atomic mass is 16.5. The molecule has 94 valence electrons. The lowest BCUT2D eigenvalue weighted by Crippen LogP contribution is -2.09. The quantitative estimate of drug-likeness (QED) is 0.754. The molecular weight excluding hydrogens is 218 g/mol. The molecule has 0 atom stereocenters. The molecule has 2 rings (SSSR count). The molecule has 1 aromatic rings. The van der Waals surface area contributed by atoms with E-state index in [0.717, 1.165) is 18.5 Å². The van der Waals surface area contributed by atoms with Crippen molar-refractivity contribution >= 4 is 5.97 Å². The minimum absolute atomic E-state index is 0.173. The van der Waals surface area contributed by atoms with Crippen molar-refractivity contribution in [1.29, 1.82) is 0 Å². The summed E-state index contributed by atoms with van der Waals surface area (Å²) in [6.45, 7) is 6.16. The van der Waals surface area contributed by atoms with E-state index < -0.39 is 5.97 Å². The van der Waals surface area contributed by atoms with Crippen molar-refractivity contribution in [3.05, 3.63) is 17.3 Å². The number of esters is 1. The standard InChI is InChI=1S/C13H19NO3/c1-4-16-13(15)11-10(8(2)3)14-12(17-11)9-6-5-7-9/h8-9H,4-7H2,1-3H3. The van der Waals surface area contributed by atoms with Gasteiger partial charge >= 0.3 is 5.97 Å². The lowest BCUT2D eigenvalue weighted by molar-refractivity contribution is 0.0484. The van der Waals surface area contributed by atoms with Crippen molar-refractivity contribution in [3.8, 4) is 0 Å². The Morgan fingerprint density at radius 2 is 2.24 bits per heavy atom. The predicted octanol–water partition coefficient (Wildman–Crippen LogP) is 3.24. The number of rotatable bonds is 4. The van der Waals surface area contributed by atoms with Gasteiger partial charge in [-0.1, -0.05) is 20.3 Å². The first kappa shape index (κ1) is 12.1. The Kier molecular flexibility index (Phi) is 3.50. The first-order valence-electron chi connectivity index (χ1n) is 6.31. The molecule has 4 nitrogen and oxygen atoms in total. The summed E-state index contributed by atoms with van der Waals surface area (Å²) < 4.78 is 10.6. The molecule has 0 spiro atoms. The van der Waals surface area contributed by atoms with Crippen molar-refractivity contribution < 1.29 is 13.9 Å². The van der Waals surface area contributed by atoms with Crippen molar-refractivity contribution in [3.63, 3.8) is 0 Å². The van der Waals surface area contributed by atoms with E-state index in [9.17, 15) is 4.79 Å². The molecule has 0 aromatic carbocycles. The maximum absolute atomic E-state index is 11.8. The van der Waals surface area contributed by atoms with E-state index in [-0.39, 0.29) is 5.92 Å². The molecule has 0 amide bonds. The zero-order chi connectivity index (χ0) is 12.4. The van der Waals surface area contributed by atoms with Crippen LogP contribution in [-0.4, -0.2) is 17.6 Å². The van der Waals surface area contributed by atoms with Crippen LogP contribution in [0.1, 0.15) is 74.0 Å². The first-order chi connectivity index (χ1) is 8.13. The van der Waals surface area contributed by atoms with Crippen LogP contribution in [0.25, 0.3) is 0 Å². The monoisotopic (exact) mass is 237 g/mol. The Labute approximate surface area is 101 Å². The molecule has 0 saturated heterocycles. The summed E-state index contributed by atoms with van der Waals surface area (Å²) in [5, 5.41) is 0. The Hall–Kier alpha value is -1.32. The molecule has 1 saturated carbocycles. The largest absolute Gasteiger partial charge is 0.460 e. The summed E-state index contributed by atoms with van der Waals surface area (Å²) >= 11 is 0. The van der Waals surface area contributed by atoms with Crippen molar-refractivity contribution in [1.82, 2.24) is 4.98 Å². The van der Waals surface area contributed by atoms with Gasteiger partial charge in [-0.3, -0.25) is 0 Å². The Balaban J connectivity index is 2.27. The van der Waals surface area contributed by atoms with Crippen LogP contribution >= 0.6 is 0 Å². The normalized spacial score (nSPS) is 16.0. The number of aromatic nitrogens is 1. The van der Waals surface area contributed by atoms with E-state index in [0.29, 0.717) is 24.2 Å². The van der Waals surface area contributed by atoms with Crippen LogP contribution in [0, 0.1) is 0 Å². The number of carbonyl (C=O) groups excluding carboxylic acids is 1. The van der Waals surface area contributed by atoms with Gasteiger partial charge in [0.05, 0.1) is 12.3 Å². The summed E-state index contributed by atoms with van der Waals surface area (Å²) in [5.74, 6) is 1.18. The van der Waals surface area contributed by atoms with Crippen LogP contribution in [0.2, 0.25) is 0 Å². The molecule has 0 N–H and O–H groups in total. The Morgan fingerprint density at radius 3 is 2.71 bits per heavy atom. The van der Waals surface area contributed by atoms with Gasteiger partial charge in [0.25, 0.3) is 0 Å². The van der Waals surface area contributed by atoms with Gasteiger partial charge in [0.15, 0.2) is 5.89 Å². The third kappa shape index (κ3) is 2.35. The molecule has 1 aliphatic carbocycles. The number of carbonyl (C=O) groups is 1. The third-order valence-electron chi connectivity index (χ3n) is 3.13. The minimum Gasteiger partial charge on any atom is -0.460 e. The van der Waals surface area contributed by atoms with E-state index in [4.69, 9.17) is 9.15 Å². The molecule has 0 aliphatic heterocycles. The molecule has 0 bridgehead atoms. The highest BCUT2D eigenvalue weighted by Gasteiger charge is 2.29. The number of nitrogens with zero attached hydrogens (tertiary/aromatic N) is 1. The van der Waals surface area contributed by atoms with Crippen LogP contribution in [-0.2, 0) is 4.74 Å². The van der Waals surface area contributed by atoms with Crippen LogP contribution < -0.4 is 0 Å². The summed E-state index contributed by atoms with van der Waals surface area (Å²) in [7, 11) is 0. The minimum atomic E-state index is -0.394. The average Bonchev–Trinajstić information content (AvgIpc) is 2.60. The van der Waals surface area contributed by atoms with Gasteiger partial charge in [0, 0.05) is 5.92 Å². The zero-order valence-corrected chi connectivity index (χ0v) is 10.7. The lowest BCUT2D eigenvalue weighted by Gasteiger charge is -2.21. The highest BCUT2D eigenvalue weighted by molar-refractivity contribution is 5.87. The van der Waals surface area contributed by atoms with Gasteiger partial charge < -0.3 is 9.15 Å². The molecular formula is C13H19NO3. The molecule has 1 fully saturated rings. The van der Waals surface area contributed by atoms with Crippen LogP contribution in [0.15, 0.2) is 4.42 Å². The number of oxazole rings is 1. The van der Waals surface area contributed by atoms with E-state index in [1.165, 1.54) is 6.42 Å². The fourth-order valence-electron chi connectivity index (χ4n) is 1.91. The van der Waals surface area contributed by atoms with Crippen LogP contribution in [0.5, 0.6) is 0 Å². The first-order valence-corrected chi connectivity index (χ1v) is 6.31. The molecule has 1 heterocycles. The smallest absolute Gasteiger partial charge is 0.376 e. The fraction of sp³-hybridized carbons (Fsp3) is 0.692. The third-order valence-corrected chi connectivity index (χ3v) is 3.13. The van der Waals surface area contributed by atoms with Crippen molar-refractivity contribution in [2.24, 2.45) is 0 Å². The summed E-state index contributed by atoms with van der Waals surface area (Å²) in [6.07, 6.45) is 3.44. The molecule has 1 aromatic heterocycles. The van der Waals surface area contributed by atoms with E-state index in [1.807, 2.05) is 13.8 Å². The van der Waals surface area contributed by atoms with Crippen LogP contribution in [0.3, 0.4) is 0 Å². The molecule has 17 heavy (non-hydrogen) atoms. The number of hydrogen-bond donors (Lipinski definition) is 0. The topological polar surface area (TPSA) is 52.3 Å². The zero-order valence-electron chi connectivity index (χ0n) is 10.7. The van der Waals surface area contributed by atoms with Gasteiger partial charge in [0.1, 0.15) is 0 Å². The van der Waals surface area contributed by atoms with Crippen molar-refractivity contribution in [2.45, 2.75) is 51.9 Å². The summed E-state index contributed by atoms with van der Waals surface area (Å²) in [6, 6.07) is 0. The SMILES string of the molecule is CCOC(=O)c1oc(C2CCC2)nc1C(C)C. The molecule has 0 radical (unpaired) electrons. The van der Waals surface area contributed by atoms with Crippen LogP contribution in [0.4, 0.5) is 0 Å². The second-order valence-electron chi connectivity index (χ2n) is 4.77. The second-order valence-corrected chi connectivity index (χ2v) is 4.77. The number of hydrogen-bond acceptors (Lipinski definition) is 4. The summed E-state index contributed by atoms with van der Waals surface area (Å²) in [5.41, 5.74) is 0.727. The van der Waals surface area contributed by atoms with E-state index >= 15 is 0 Å². The maximum Gasteiger partial charge on any atom is 0.376 e. The fourth-order valence-corrected chi connectivity index (χ4v) is 1.91. The summed E-state index contributed by atoms with van der Waals surface area (Å²) in [4.78, 5) is 16.2. The molecule has 4 heteroatoms. The predicted molar refractivity (Wildman–Crippen MR) is 63.1 cm³/mol. The van der Waals surface area contributed by atoms with Gasteiger partial charge in [-0.05, 0) is 25.7 Å². The second kappa shape index (κ2) is 4.90. The van der Waals surface area contributed by atoms with Gasteiger partial charge in [-0.2, -0.15) is 0 Å². The van der Waals surface area contributed by atoms with E-state index in [1.54, 1.807) is 6.92 Å². The maximum atomic E-state index is 11.8. The van der Waals surface area contributed by atoms with E-state index in [2.05, 4.69) is 4.98 Å². The Morgan fingerprint density at radius 1 is 1.53 bits per heavy atom. The molecule has 1 aliphatic rings. The lowest BCUT2D eigenvalue weighted by atomic mass is 9.85. The Bertz CT molecular complexity index is 405. The van der Waals surface area contributed by atoms with Gasteiger partial charge in [0.2, 0.25) is 5.76 Å². The highest BCUT2D eigenvalue weighted by Crippen LogP contribution is 2.37.